The number of carbonyl (C=O) groups excluding carboxylic acids is 1. The van der Waals surface area contributed by atoms with Crippen LogP contribution in [0.2, 0.25) is 0 Å². The van der Waals surface area contributed by atoms with Crippen LogP contribution in [0, 0.1) is 5.82 Å². The lowest BCUT2D eigenvalue weighted by molar-refractivity contribution is -0.121. The van der Waals surface area contributed by atoms with Crippen molar-refractivity contribution in [2.75, 3.05) is 6.26 Å². The molecule has 20 heavy (non-hydrogen) atoms. The highest BCUT2D eigenvalue weighted by Gasteiger charge is 2.49. The average Bonchev–Trinajstić information content (AvgIpc) is 3.14. The van der Waals surface area contributed by atoms with E-state index >= 15 is 0 Å². The van der Waals surface area contributed by atoms with E-state index in [1.165, 1.54) is 17.7 Å². The topological polar surface area (TPSA) is 29.1 Å². The molecule has 2 nitrogen and oxygen atoms in total. The molecule has 0 aromatic heterocycles. The molecule has 1 aromatic rings. The summed E-state index contributed by atoms with van der Waals surface area (Å²) >= 11 is 1.67. The Labute approximate surface area is 123 Å². The van der Waals surface area contributed by atoms with Gasteiger partial charge in [0.1, 0.15) is 5.82 Å². The molecule has 2 aliphatic rings. The maximum atomic E-state index is 12.9. The average molecular weight is 293 g/mol. The predicted octanol–water partition coefficient (Wildman–Crippen LogP) is 3.47. The third-order valence-corrected chi connectivity index (χ3v) is 5.99. The van der Waals surface area contributed by atoms with Crippen LogP contribution in [-0.4, -0.2) is 23.0 Å². The first-order valence-electron chi connectivity index (χ1n) is 7.24. The molecule has 0 saturated heterocycles. The Kier molecular flexibility index (Phi) is 3.76. The van der Waals surface area contributed by atoms with Crippen molar-refractivity contribution in [3.05, 3.63) is 35.6 Å². The van der Waals surface area contributed by atoms with Gasteiger partial charge in [-0.05, 0) is 62.0 Å². The van der Waals surface area contributed by atoms with Gasteiger partial charge < -0.3 is 5.32 Å². The lowest BCUT2D eigenvalue weighted by Crippen LogP contribution is -2.40. The highest BCUT2D eigenvalue weighted by Crippen LogP contribution is 2.47. The number of halogens is 1. The third kappa shape index (κ3) is 2.71. The molecule has 2 atom stereocenters. The third-order valence-electron chi connectivity index (χ3n) is 4.62. The SMILES string of the molecule is CSC1(C(=O)N[C@H]2CC[C@H](c3ccc(F)cc3)C2)CC1. The van der Waals surface area contributed by atoms with E-state index in [1.54, 1.807) is 11.8 Å². The van der Waals surface area contributed by atoms with Crippen LogP contribution in [0.25, 0.3) is 0 Å². The number of carbonyl (C=O) groups is 1. The Morgan fingerprint density at radius 1 is 1.30 bits per heavy atom. The van der Waals surface area contributed by atoms with E-state index in [9.17, 15) is 9.18 Å². The van der Waals surface area contributed by atoms with Crippen molar-refractivity contribution < 1.29 is 9.18 Å². The van der Waals surface area contributed by atoms with Crippen LogP contribution >= 0.6 is 11.8 Å². The quantitative estimate of drug-likeness (QED) is 0.921. The monoisotopic (exact) mass is 293 g/mol. The Hall–Kier alpha value is -1.03. The van der Waals surface area contributed by atoms with Crippen molar-refractivity contribution >= 4 is 17.7 Å². The minimum absolute atomic E-state index is 0.131. The van der Waals surface area contributed by atoms with Gasteiger partial charge in [-0.2, -0.15) is 0 Å². The molecular formula is C16H20FNOS. The molecule has 1 N–H and O–H groups in total. The number of rotatable bonds is 4. The standard InChI is InChI=1S/C16H20FNOS/c1-20-16(8-9-16)15(19)18-14-7-4-12(10-14)11-2-5-13(17)6-3-11/h2-3,5-6,12,14H,4,7-10H2,1H3,(H,18,19)/t12-,14-/m0/s1. The van der Waals surface area contributed by atoms with Crippen molar-refractivity contribution in [1.82, 2.24) is 5.32 Å². The molecule has 0 unspecified atom stereocenters. The van der Waals surface area contributed by atoms with Gasteiger partial charge >= 0.3 is 0 Å². The Morgan fingerprint density at radius 2 is 2.00 bits per heavy atom. The van der Waals surface area contributed by atoms with Crippen molar-refractivity contribution in [2.24, 2.45) is 0 Å². The molecule has 2 fully saturated rings. The van der Waals surface area contributed by atoms with Gasteiger partial charge in [0.2, 0.25) is 5.91 Å². The van der Waals surface area contributed by atoms with E-state index in [0.717, 1.165) is 32.1 Å². The van der Waals surface area contributed by atoms with Crippen molar-refractivity contribution in [3.63, 3.8) is 0 Å². The molecule has 108 valence electrons. The first-order chi connectivity index (χ1) is 9.63. The maximum absolute atomic E-state index is 12.9. The van der Waals surface area contributed by atoms with Gasteiger partial charge in [0, 0.05) is 6.04 Å². The number of nitrogens with one attached hydrogen (secondary N) is 1. The zero-order valence-corrected chi connectivity index (χ0v) is 12.5. The van der Waals surface area contributed by atoms with Crippen LogP contribution in [0.15, 0.2) is 24.3 Å². The van der Waals surface area contributed by atoms with E-state index in [1.807, 2.05) is 18.4 Å². The minimum atomic E-state index is -0.188. The van der Waals surface area contributed by atoms with Crippen molar-refractivity contribution in [3.8, 4) is 0 Å². The van der Waals surface area contributed by atoms with Crippen molar-refractivity contribution in [2.45, 2.75) is 48.8 Å². The van der Waals surface area contributed by atoms with E-state index < -0.39 is 0 Å². The van der Waals surface area contributed by atoms with E-state index in [0.29, 0.717) is 5.92 Å². The molecule has 4 heteroatoms. The van der Waals surface area contributed by atoms with E-state index in [-0.39, 0.29) is 22.5 Å². The lowest BCUT2D eigenvalue weighted by atomic mass is 9.97. The predicted molar refractivity (Wildman–Crippen MR) is 80.4 cm³/mol. The highest BCUT2D eigenvalue weighted by molar-refractivity contribution is 8.01. The first-order valence-corrected chi connectivity index (χ1v) is 8.47. The molecule has 2 aliphatic carbocycles. The molecule has 0 spiro atoms. The molecular weight excluding hydrogens is 273 g/mol. The second-order valence-corrected chi connectivity index (χ2v) is 7.12. The Bertz CT molecular complexity index is 498. The van der Waals surface area contributed by atoms with Crippen LogP contribution in [0.4, 0.5) is 4.39 Å². The van der Waals surface area contributed by atoms with Gasteiger partial charge in [0.25, 0.3) is 0 Å². The maximum Gasteiger partial charge on any atom is 0.236 e. The van der Waals surface area contributed by atoms with Gasteiger partial charge in [0.15, 0.2) is 0 Å². The van der Waals surface area contributed by atoms with Crippen LogP contribution in [0.3, 0.4) is 0 Å². The van der Waals surface area contributed by atoms with Gasteiger partial charge in [-0.15, -0.1) is 11.8 Å². The number of hydrogen-bond donors (Lipinski definition) is 1. The molecule has 0 heterocycles. The zero-order valence-electron chi connectivity index (χ0n) is 11.7. The summed E-state index contributed by atoms with van der Waals surface area (Å²) in [4.78, 5) is 12.2. The van der Waals surface area contributed by atoms with Crippen LogP contribution in [0.1, 0.15) is 43.6 Å². The number of amides is 1. The lowest BCUT2D eigenvalue weighted by Gasteiger charge is -2.18. The summed E-state index contributed by atoms with van der Waals surface area (Å²) in [6.45, 7) is 0. The number of benzene rings is 1. The van der Waals surface area contributed by atoms with Crippen LogP contribution in [0.5, 0.6) is 0 Å². The van der Waals surface area contributed by atoms with Crippen molar-refractivity contribution in [1.29, 1.82) is 0 Å². The van der Waals surface area contributed by atoms with Gasteiger partial charge in [-0.25, -0.2) is 4.39 Å². The Balaban J connectivity index is 1.57. The summed E-state index contributed by atoms with van der Waals surface area (Å²) in [6.07, 6.45) is 7.10. The fourth-order valence-electron chi connectivity index (χ4n) is 3.10. The molecule has 1 aromatic carbocycles. The summed E-state index contributed by atoms with van der Waals surface area (Å²) in [5.74, 6) is 0.479. The second-order valence-electron chi connectivity index (χ2n) is 5.93. The van der Waals surface area contributed by atoms with E-state index in [4.69, 9.17) is 0 Å². The summed E-state index contributed by atoms with van der Waals surface area (Å²) in [5, 5.41) is 3.21. The molecule has 3 rings (SSSR count). The highest BCUT2D eigenvalue weighted by atomic mass is 32.2. The molecule has 1 amide bonds. The number of thioether (sulfide) groups is 1. The van der Waals surface area contributed by atoms with E-state index in [2.05, 4.69) is 5.32 Å². The van der Waals surface area contributed by atoms with Crippen LogP contribution in [-0.2, 0) is 4.79 Å². The minimum Gasteiger partial charge on any atom is -0.352 e. The molecule has 0 bridgehead atoms. The fourth-order valence-corrected chi connectivity index (χ4v) is 3.86. The fraction of sp³-hybridized carbons (Fsp3) is 0.562. The largest absolute Gasteiger partial charge is 0.352 e. The normalized spacial score (nSPS) is 27.3. The summed E-state index contributed by atoms with van der Waals surface area (Å²) < 4.78 is 12.8. The molecule has 0 radical (unpaired) electrons. The van der Waals surface area contributed by atoms with Gasteiger partial charge in [-0.1, -0.05) is 12.1 Å². The molecule has 0 aliphatic heterocycles. The first kappa shape index (κ1) is 13.9. The smallest absolute Gasteiger partial charge is 0.236 e. The zero-order chi connectivity index (χ0) is 14.2. The second kappa shape index (κ2) is 5.40. The van der Waals surface area contributed by atoms with Gasteiger partial charge in [0.05, 0.1) is 4.75 Å². The summed E-state index contributed by atoms with van der Waals surface area (Å²) in [6, 6.07) is 7.06. The van der Waals surface area contributed by atoms with Crippen LogP contribution < -0.4 is 5.32 Å². The summed E-state index contributed by atoms with van der Waals surface area (Å²) in [7, 11) is 0. The van der Waals surface area contributed by atoms with Gasteiger partial charge in [-0.3, -0.25) is 4.79 Å². The summed E-state index contributed by atoms with van der Waals surface area (Å²) in [5.41, 5.74) is 1.19. The Morgan fingerprint density at radius 3 is 2.60 bits per heavy atom. The molecule has 2 saturated carbocycles. The number of hydrogen-bond acceptors (Lipinski definition) is 2.